The first-order valence-electron chi connectivity index (χ1n) is 4.82. The van der Waals surface area contributed by atoms with Crippen LogP contribution in [0.2, 0.25) is 0 Å². The molecular formula is C11H13BrN2O2. The highest BCUT2D eigenvalue weighted by Crippen LogP contribution is 2.27. The summed E-state index contributed by atoms with van der Waals surface area (Å²) in [5.41, 5.74) is 1.79. The molecule has 0 heterocycles. The van der Waals surface area contributed by atoms with Crippen LogP contribution in [0.4, 0.5) is 11.4 Å². The van der Waals surface area contributed by atoms with E-state index in [0.29, 0.717) is 16.7 Å². The second-order valence-corrected chi connectivity index (χ2v) is 4.50. The first kappa shape index (κ1) is 12.7. The van der Waals surface area contributed by atoms with Gasteiger partial charge in [-0.05, 0) is 26.0 Å². The van der Waals surface area contributed by atoms with E-state index in [1.807, 2.05) is 19.9 Å². The molecule has 16 heavy (non-hydrogen) atoms. The Labute approximate surface area is 103 Å². The molecule has 4 nitrogen and oxygen atoms in total. The van der Waals surface area contributed by atoms with E-state index in [2.05, 4.69) is 21.2 Å². The highest BCUT2D eigenvalue weighted by atomic mass is 79.9. The summed E-state index contributed by atoms with van der Waals surface area (Å²) in [5, 5.41) is 13.8. The number of benzene rings is 1. The largest absolute Gasteiger partial charge is 0.376 e. The topological polar surface area (TPSA) is 55.2 Å². The van der Waals surface area contributed by atoms with Gasteiger partial charge in [-0.25, -0.2) is 0 Å². The van der Waals surface area contributed by atoms with Crippen LogP contribution in [0.1, 0.15) is 13.8 Å². The van der Waals surface area contributed by atoms with E-state index in [-0.39, 0.29) is 5.69 Å². The van der Waals surface area contributed by atoms with Crippen LogP contribution in [0.3, 0.4) is 0 Å². The Hall–Kier alpha value is -1.36. The van der Waals surface area contributed by atoms with Crippen LogP contribution in [0, 0.1) is 10.1 Å². The molecule has 0 bridgehead atoms. The van der Waals surface area contributed by atoms with Crippen molar-refractivity contribution >= 4 is 27.3 Å². The summed E-state index contributed by atoms with van der Waals surface area (Å²) in [5.74, 6) is 0. The van der Waals surface area contributed by atoms with Crippen molar-refractivity contribution in [1.29, 1.82) is 0 Å². The number of nitrogens with one attached hydrogen (secondary N) is 1. The highest BCUT2D eigenvalue weighted by Gasteiger charge is 2.12. The second kappa shape index (κ2) is 5.65. The predicted octanol–water partition coefficient (Wildman–Crippen LogP) is 3.74. The van der Waals surface area contributed by atoms with Crippen molar-refractivity contribution in [3.05, 3.63) is 44.4 Å². The van der Waals surface area contributed by atoms with Crippen LogP contribution >= 0.6 is 15.9 Å². The molecule has 0 saturated carbocycles. The summed E-state index contributed by atoms with van der Waals surface area (Å²) in [4.78, 5) is 10.4. The molecule has 0 aromatic heterocycles. The zero-order chi connectivity index (χ0) is 12.1. The van der Waals surface area contributed by atoms with E-state index < -0.39 is 4.92 Å². The van der Waals surface area contributed by atoms with Crippen molar-refractivity contribution in [1.82, 2.24) is 0 Å². The average molecular weight is 285 g/mol. The maximum atomic E-state index is 10.8. The lowest BCUT2D eigenvalue weighted by Crippen LogP contribution is -2.02. The van der Waals surface area contributed by atoms with Gasteiger partial charge in [-0.2, -0.15) is 0 Å². The normalized spacial score (nSPS) is 9.69. The van der Waals surface area contributed by atoms with E-state index >= 15 is 0 Å². The van der Waals surface area contributed by atoms with Gasteiger partial charge in [0.15, 0.2) is 0 Å². The minimum Gasteiger partial charge on any atom is -0.376 e. The minimum atomic E-state index is -0.393. The molecule has 0 radical (unpaired) electrons. The SMILES string of the molecule is CC(C)=CCNc1ccc(Br)cc1[N+](=O)[O-]. The Morgan fingerprint density at radius 3 is 2.81 bits per heavy atom. The molecule has 0 aliphatic heterocycles. The zero-order valence-corrected chi connectivity index (χ0v) is 10.7. The molecule has 1 N–H and O–H groups in total. The lowest BCUT2D eigenvalue weighted by Gasteiger charge is -2.05. The third-order valence-corrected chi connectivity index (χ3v) is 2.45. The Bertz CT molecular complexity index is 426. The number of rotatable bonds is 4. The van der Waals surface area contributed by atoms with Crippen molar-refractivity contribution < 1.29 is 4.92 Å². The molecule has 1 rings (SSSR count). The van der Waals surface area contributed by atoms with E-state index in [1.54, 1.807) is 12.1 Å². The van der Waals surface area contributed by atoms with Gasteiger partial charge in [0.1, 0.15) is 5.69 Å². The van der Waals surface area contributed by atoms with Gasteiger partial charge in [0.2, 0.25) is 0 Å². The third kappa shape index (κ3) is 3.66. The van der Waals surface area contributed by atoms with Crippen molar-refractivity contribution in [2.75, 3.05) is 11.9 Å². The number of nitrogens with zero attached hydrogens (tertiary/aromatic N) is 1. The van der Waals surface area contributed by atoms with Crippen molar-refractivity contribution in [2.45, 2.75) is 13.8 Å². The van der Waals surface area contributed by atoms with Crippen LogP contribution in [-0.2, 0) is 0 Å². The van der Waals surface area contributed by atoms with Gasteiger partial charge in [0.25, 0.3) is 5.69 Å². The van der Waals surface area contributed by atoms with E-state index in [0.717, 1.165) is 0 Å². The first-order chi connectivity index (χ1) is 7.50. The molecular weight excluding hydrogens is 272 g/mol. The molecule has 0 fully saturated rings. The fourth-order valence-electron chi connectivity index (χ4n) is 1.17. The lowest BCUT2D eigenvalue weighted by molar-refractivity contribution is -0.384. The summed E-state index contributed by atoms with van der Waals surface area (Å²) >= 11 is 3.21. The number of hydrogen-bond acceptors (Lipinski definition) is 3. The number of halogens is 1. The smallest absolute Gasteiger partial charge is 0.293 e. The fraction of sp³-hybridized carbons (Fsp3) is 0.273. The number of nitro benzene ring substituents is 1. The predicted molar refractivity (Wildman–Crippen MR) is 68.7 cm³/mol. The Morgan fingerprint density at radius 2 is 2.25 bits per heavy atom. The highest BCUT2D eigenvalue weighted by molar-refractivity contribution is 9.10. The molecule has 0 aliphatic rings. The molecule has 0 aliphatic carbocycles. The van der Waals surface area contributed by atoms with Crippen LogP contribution in [0.15, 0.2) is 34.3 Å². The zero-order valence-electron chi connectivity index (χ0n) is 9.16. The molecule has 0 unspecified atom stereocenters. The molecule has 0 amide bonds. The lowest BCUT2D eigenvalue weighted by atomic mass is 10.2. The monoisotopic (exact) mass is 284 g/mol. The Morgan fingerprint density at radius 1 is 1.56 bits per heavy atom. The summed E-state index contributed by atoms with van der Waals surface area (Å²) < 4.78 is 0.701. The van der Waals surface area contributed by atoms with Crippen LogP contribution in [0.5, 0.6) is 0 Å². The van der Waals surface area contributed by atoms with E-state index in [9.17, 15) is 10.1 Å². The van der Waals surface area contributed by atoms with Gasteiger partial charge in [0, 0.05) is 17.1 Å². The fourth-order valence-corrected chi connectivity index (χ4v) is 1.52. The molecule has 0 atom stereocenters. The number of hydrogen-bond donors (Lipinski definition) is 1. The molecule has 0 spiro atoms. The summed E-state index contributed by atoms with van der Waals surface area (Å²) in [6.45, 7) is 4.56. The summed E-state index contributed by atoms with van der Waals surface area (Å²) in [7, 11) is 0. The second-order valence-electron chi connectivity index (χ2n) is 3.58. The molecule has 0 saturated heterocycles. The maximum absolute atomic E-state index is 10.8. The van der Waals surface area contributed by atoms with Crippen LogP contribution < -0.4 is 5.32 Å². The minimum absolute atomic E-state index is 0.0801. The number of anilines is 1. The van der Waals surface area contributed by atoms with Gasteiger partial charge in [-0.3, -0.25) is 10.1 Å². The van der Waals surface area contributed by atoms with Gasteiger partial charge >= 0.3 is 0 Å². The van der Waals surface area contributed by atoms with Crippen molar-refractivity contribution in [2.24, 2.45) is 0 Å². The van der Waals surface area contributed by atoms with Crippen molar-refractivity contribution in [3.8, 4) is 0 Å². The van der Waals surface area contributed by atoms with Gasteiger partial charge in [-0.1, -0.05) is 27.6 Å². The molecule has 1 aromatic carbocycles. The van der Waals surface area contributed by atoms with E-state index in [1.165, 1.54) is 11.6 Å². The molecule has 5 heteroatoms. The Kier molecular flexibility index (Phi) is 4.49. The first-order valence-corrected chi connectivity index (χ1v) is 5.61. The molecule has 1 aromatic rings. The average Bonchev–Trinajstić information content (AvgIpc) is 2.19. The molecule has 86 valence electrons. The van der Waals surface area contributed by atoms with Crippen molar-refractivity contribution in [3.63, 3.8) is 0 Å². The Balaban J connectivity index is 2.87. The number of nitro groups is 1. The maximum Gasteiger partial charge on any atom is 0.293 e. The quantitative estimate of drug-likeness (QED) is 0.521. The number of allylic oxidation sites excluding steroid dienone is 1. The third-order valence-electron chi connectivity index (χ3n) is 1.96. The van der Waals surface area contributed by atoms with Gasteiger partial charge < -0.3 is 5.32 Å². The standard InChI is InChI=1S/C11H13BrN2O2/c1-8(2)5-6-13-10-4-3-9(12)7-11(10)14(15)16/h3-5,7,13H,6H2,1-2H3. The summed E-state index contributed by atoms with van der Waals surface area (Å²) in [6, 6.07) is 4.96. The van der Waals surface area contributed by atoms with E-state index in [4.69, 9.17) is 0 Å². The summed E-state index contributed by atoms with van der Waals surface area (Å²) in [6.07, 6.45) is 1.98. The van der Waals surface area contributed by atoms with Crippen LogP contribution in [0.25, 0.3) is 0 Å². The van der Waals surface area contributed by atoms with Gasteiger partial charge in [0.05, 0.1) is 4.92 Å². The van der Waals surface area contributed by atoms with Crippen LogP contribution in [-0.4, -0.2) is 11.5 Å². The van der Waals surface area contributed by atoms with Gasteiger partial charge in [-0.15, -0.1) is 0 Å².